The molecule has 0 bridgehead atoms. The molecule has 3 fully saturated rings. The summed E-state index contributed by atoms with van der Waals surface area (Å²) in [6, 6.07) is 4.88. The molecule has 0 saturated carbocycles. The SMILES string of the molecule is CCC1OC(=O)C(C)C(O[C@H]2C[C@@](C)(OC)[C@](O)(CNCCN(C)C)[C@H](C)O2)C(C)C(O[C@@H]2O[C@H](C)C[C@H](N(C)C)[C@H]2Oc2ccc(F)cc2)C(C)(O)CC(C)CNC(C)C(O)C1(C)O. The van der Waals surface area contributed by atoms with Crippen LogP contribution in [0.1, 0.15) is 94.9 Å². The van der Waals surface area contributed by atoms with Crippen LogP contribution in [0.15, 0.2) is 24.3 Å². The standard InChI is InChI=1S/C48H85FN4O12/c1-16-37-47(10,57)41(54)32(6)51-26-28(2)24-45(8,56)42(65-44-40(36(53(13)14)23-29(3)60-44)62-35-19-17-34(49)18-20-35)30(4)39(31(5)43(55)63-37)64-38-25-46(9,59-15)48(58,33(7)61-38)27-50-21-22-52(11)12/h17-20,28-33,36-42,44,50-51,54,56-58H,16,21-27H2,1-15H3/t28?,29-,30?,31?,32?,33+,36+,37?,38+,39?,40-,41?,42?,44+,45?,46-,47?,48+/m1/s1. The van der Waals surface area contributed by atoms with Crippen molar-refractivity contribution in [3.8, 4) is 5.75 Å². The summed E-state index contributed by atoms with van der Waals surface area (Å²) in [6.07, 6.45) is -7.54. The van der Waals surface area contributed by atoms with Gasteiger partial charge in [0.2, 0.25) is 0 Å². The summed E-state index contributed by atoms with van der Waals surface area (Å²) in [7, 11) is 9.35. The zero-order valence-corrected chi connectivity index (χ0v) is 41.9. The number of cyclic esters (lactones) is 1. The van der Waals surface area contributed by atoms with E-state index in [-0.39, 0.29) is 43.9 Å². The van der Waals surface area contributed by atoms with Gasteiger partial charge in [-0.3, -0.25) is 4.79 Å². The first-order valence-corrected chi connectivity index (χ1v) is 23.6. The van der Waals surface area contributed by atoms with Crippen molar-refractivity contribution in [1.29, 1.82) is 0 Å². The molecule has 1 aromatic carbocycles. The molecule has 0 spiro atoms. The molecular formula is C48H85FN4O12. The molecule has 65 heavy (non-hydrogen) atoms. The fourth-order valence-electron chi connectivity index (χ4n) is 10.1. The summed E-state index contributed by atoms with van der Waals surface area (Å²) in [5.41, 5.74) is -6.14. The Kier molecular flexibility index (Phi) is 19.6. The number of nitrogens with one attached hydrogen (secondary N) is 2. The summed E-state index contributed by atoms with van der Waals surface area (Å²) < 4.78 is 60.1. The smallest absolute Gasteiger partial charge is 0.311 e. The average Bonchev–Trinajstić information content (AvgIpc) is 3.23. The maximum absolute atomic E-state index is 14.6. The van der Waals surface area contributed by atoms with Gasteiger partial charge in [-0.1, -0.05) is 20.8 Å². The van der Waals surface area contributed by atoms with E-state index < -0.39 is 101 Å². The molecule has 376 valence electrons. The first kappa shape index (κ1) is 55.5. The molecule has 18 atom stereocenters. The molecule has 0 amide bonds. The second-order valence-electron chi connectivity index (χ2n) is 20.5. The fourth-order valence-corrected chi connectivity index (χ4v) is 10.1. The molecule has 3 heterocycles. The number of aliphatic hydroxyl groups is 4. The molecule has 0 aromatic heterocycles. The highest BCUT2D eigenvalue weighted by molar-refractivity contribution is 5.73. The number of hydrogen-bond acceptors (Lipinski definition) is 16. The lowest BCUT2D eigenvalue weighted by Crippen LogP contribution is -2.70. The van der Waals surface area contributed by atoms with Gasteiger partial charge in [-0.2, -0.15) is 0 Å². The number of halogens is 1. The number of carbonyl (C=O) groups excluding carboxylic acids is 1. The monoisotopic (exact) mass is 929 g/mol. The predicted octanol–water partition coefficient (Wildman–Crippen LogP) is 3.31. The van der Waals surface area contributed by atoms with Gasteiger partial charge in [0.15, 0.2) is 18.7 Å². The van der Waals surface area contributed by atoms with Gasteiger partial charge in [-0.05, 0) is 133 Å². The predicted molar refractivity (Wildman–Crippen MR) is 245 cm³/mol. The van der Waals surface area contributed by atoms with Gasteiger partial charge in [0.25, 0.3) is 0 Å². The topological polar surface area (TPSA) is 193 Å². The van der Waals surface area contributed by atoms with Gasteiger partial charge < -0.3 is 74.0 Å². The van der Waals surface area contributed by atoms with Crippen LogP contribution in [-0.4, -0.2) is 187 Å². The van der Waals surface area contributed by atoms with Crippen molar-refractivity contribution in [3.05, 3.63) is 30.1 Å². The van der Waals surface area contributed by atoms with Crippen molar-refractivity contribution < 1.29 is 62.8 Å². The quantitative estimate of drug-likeness (QED) is 0.118. The van der Waals surface area contributed by atoms with Crippen LogP contribution >= 0.6 is 0 Å². The van der Waals surface area contributed by atoms with Gasteiger partial charge >= 0.3 is 5.97 Å². The van der Waals surface area contributed by atoms with E-state index in [4.69, 9.17) is 33.2 Å². The van der Waals surface area contributed by atoms with E-state index in [0.29, 0.717) is 25.3 Å². The Hall–Kier alpha value is -2.10. The molecular weight excluding hydrogens is 844 g/mol. The molecule has 17 heteroatoms. The second-order valence-corrected chi connectivity index (χ2v) is 20.5. The minimum absolute atomic E-state index is 0.0625. The van der Waals surface area contributed by atoms with E-state index in [9.17, 15) is 29.6 Å². The molecule has 6 N–H and O–H groups in total. The Labute approximate surface area is 388 Å². The Bertz CT molecular complexity index is 1630. The van der Waals surface area contributed by atoms with E-state index in [1.54, 1.807) is 46.8 Å². The maximum atomic E-state index is 14.6. The zero-order valence-electron chi connectivity index (χ0n) is 41.9. The number of aliphatic hydroxyl groups excluding tert-OH is 1. The first-order valence-electron chi connectivity index (χ1n) is 23.6. The molecule has 0 aliphatic carbocycles. The molecule has 16 nitrogen and oxygen atoms in total. The molecule has 10 unspecified atom stereocenters. The van der Waals surface area contributed by atoms with Crippen LogP contribution < -0.4 is 15.4 Å². The molecule has 4 rings (SSSR count). The molecule has 3 aliphatic rings. The van der Waals surface area contributed by atoms with Crippen LogP contribution in [0.3, 0.4) is 0 Å². The number of rotatable bonds is 14. The van der Waals surface area contributed by atoms with Crippen molar-refractivity contribution in [2.24, 2.45) is 17.8 Å². The van der Waals surface area contributed by atoms with Gasteiger partial charge in [-0.15, -0.1) is 0 Å². The van der Waals surface area contributed by atoms with Gasteiger partial charge in [0.1, 0.15) is 40.6 Å². The van der Waals surface area contributed by atoms with E-state index in [2.05, 4.69) is 10.6 Å². The van der Waals surface area contributed by atoms with Crippen molar-refractivity contribution in [1.82, 2.24) is 20.4 Å². The number of methoxy groups -OCH3 is 1. The third-order valence-corrected chi connectivity index (χ3v) is 14.4. The number of nitrogens with zero attached hydrogens (tertiary/aromatic N) is 2. The second kappa shape index (κ2) is 23.0. The lowest BCUT2D eigenvalue weighted by molar-refractivity contribution is -0.335. The van der Waals surface area contributed by atoms with Crippen LogP contribution in [0.4, 0.5) is 4.39 Å². The van der Waals surface area contributed by atoms with Gasteiger partial charge in [0, 0.05) is 45.1 Å². The number of esters is 1. The normalized spacial score (nSPS) is 42.9. The Morgan fingerprint density at radius 1 is 0.938 bits per heavy atom. The van der Waals surface area contributed by atoms with E-state index >= 15 is 0 Å². The van der Waals surface area contributed by atoms with E-state index in [0.717, 1.165) is 6.54 Å². The fraction of sp³-hybridized carbons (Fsp3) is 0.854. The molecule has 3 aliphatic heterocycles. The highest BCUT2D eigenvalue weighted by atomic mass is 19.1. The Balaban J connectivity index is 1.84. The summed E-state index contributed by atoms with van der Waals surface area (Å²) in [5.74, 6) is -2.80. The lowest BCUT2D eigenvalue weighted by atomic mass is 9.75. The highest BCUT2D eigenvalue weighted by Crippen LogP contribution is 2.43. The third-order valence-electron chi connectivity index (χ3n) is 14.4. The zero-order chi connectivity index (χ0) is 48.8. The Morgan fingerprint density at radius 3 is 2.17 bits per heavy atom. The van der Waals surface area contributed by atoms with Crippen molar-refractivity contribution in [2.45, 2.75) is 185 Å². The maximum Gasteiger partial charge on any atom is 0.311 e. The summed E-state index contributed by atoms with van der Waals surface area (Å²) in [4.78, 5) is 18.7. The summed E-state index contributed by atoms with van der Waals surface area (Å²) in [6.45, 7) is 19.5. The first-order chi connectivity index (χ1) is 30.2. The average molecular weight is 929 g/mol. The van der Waals surface area contributed by atoms with Crippen LogP contribution in [0.5, 0.6) is 5.75 Å². The number of benzene rings is 1. The highest BCUT2D eigenvalue weighted by Gasteiger charge is 2.58. The van der Waals surface area contributed by atoms with E-state index in [1.807, 2.05) is 65.7 Å². The third kappa shape index (κ3) is 13.4. The molecule has 3 saturated heterocycles. The van der Waals surface area contributed by atoms with Crippen LogP contribution in [0.25, 0.3) is 0 Å². The number of ether oxygens (including phenoxy) is 7. The molecule has 1 aromatic rings. The lowest BCUT2D eigenvalue weighted by Gasteiger charge is -2.53. The van der Waals surface area contributed by atoms with Crippen molar-refractivity contribution in [2.75, 3.05) is 61.5 Å². The minimum atomic E-state index is -1.84. The molecule has 0 radical (unpaired) electrons. The summed E-state index contributed by atoms with van der Waals surface area (Å²) >= 11 is 0. The van der Waals surface area contributed by atoms with Crippen LogP contribution in [0, 0.1) is 23.6 Å². The van der Waals surface area contributed by atoms with Gasteiger partial charge in [-0.25, -0.2) is 4.39 Å². The van der Waals surface area contributed by atoms with Crippen LogP contribution in [0.2, 0.25) is 0 Å². The van der Waals surface area contributed by atoms with Crippen molar-refractivity contribution >= 4 is 5.97 Å². The largest absolute Gasteiger partial charge is 0.483 e. The summed E-state index contributed by atoms with van der Waals surface area (Å²) in [5, 5.41) is 55.1. The van der Waals surface area contributed by atoms with E-state index in [1.165, 1.54) is 26.2 Å². The van der Waals surface area contributed by atoms with Crippen molar-refractivity contribution in [3.63, 3.8) is 0 Å². The van der Waals surface area contributed by atoms with Gasteiger partial charge in [0.05, 0.1) is 42.0 Å². The Morgan fingerprint density at radius 2 is 1.58 bits per heavy atom. The van der Waals surface area contributed by atoms with Crippen LogP contribution in [-0.2, 0) is 33.2 Å². The number of hydrogen-bond donors (Lipinski definition) is 6. The number of likely N-dealkylation sites (N-methyl/N-ethyl adjacent to an activating group) is 2. The minimum Gasteiger partial charge on any atom is -0.483 e. The number of carbonyl (C=O) groups is 1.